The predicted octanol–water partition coefficient (Wildman–Crippen LogP) is 0.646. The number of ether oxygens (including phenoxy) is 1. The molecule has 110 valence electrons. The largest absolute Gasteiger partial charge is 0.465 e. The molecule has 8 nitrogen and oxygen atoms in total. The first-order chi connectivity index (χ1) is 9.94. The van der Waals surface area contributed by atoms with Crippen LogP contribution in [0.3, 0.4) is 0 Å². The van der Waals surface area contributed by atoms with Gasteiger partial charge in [-0.3, -0.25) is 9.71 Å². The van der Waals surface area contributed by atoms with Crippen LogP contribution < -0.4 is 10.5 Å². The van der Waals surface area contributed by atoms with E-state index in [9.17, 15) is 13.2 Å². The Labute approximate surface area is 121 Å². The molecule has 21 heavy (non-hydrogen) atoms. The third-order valence-electron chi connectivity index (χ3n) is 2.50. The van der Waals surface area contributed by atoms with Crippen molar-refractivity contribution in [3.8, 4) is 0 Å². The third-order valence-corrected chi connectivity index (χ3v) is 3.90. The molecule has 1 aromatic heterocycles. The Bertz CT molecular complexity index is 762. The molecule has 9 heteroatoms. The Morgan fingerprint density at radius 1 is 1.33 bits per heavy atom. The maximum Gasteiger partial charge on any atom is 0.339 e. The summed E-state index contributed by atoms with van der Waals surface area (Å²) in [5.74, 6) is -0.759. The van der Waals surface area contributed by atoms with Crippen molar-refractivity contribution in [3.63, 3.8) is 0 Å². The number of nitrogens with two attached hydrogens (primary N) is 1. The van der Waals surface area contributed by atoms with Crippen molar-refractivity contribution in [2.45, 2.75) is 4.90 Å². The average molecular weight is 308 g/mol. The molecule has 2 aromatic rings. The number of nitrogens with one attached hydrogen (secondary N) is 1. The summed E-state index contributed by atoms with van der Waals surface area (Å²) in [5.41, 5.74) is 5.66. The monoisotopic (exact) mass is 308 g/mol. The molecule has 0 radical (unpaired) electrons. The zero-order valence-electron chi connectivity index (χ0n) is 11.0. The van der Waals surface area contributed by atoms with Gasteiger partial charge in [-0.1, -0.05) is 0 Å². The second-order valence-corrected chi connectivity index (χ2v) is 5.59. The van der Waals surface area contributed by atoms with E-state index in [1.165, 1.54) is 36.8 Å². The van der Waals surface area contributed by atoms with Gasteiger partial charge in [0, 0.05) is 18.1 Å². The maximum atomic E-state index is 12.4. The van der Waals surface area contributed by atoms with E-state index in [-0.39, 0.29) is 22.0 Å². The van der Waals surface area contributed by atoms with Gasteiger partial charge in [-0.05, 0) is 18.2 Å². The zero-order valence-corrected chi connectivity index (χ0v) is 11.8. The lowest BCUT2D eigenvalue weighted by atomic mass is 10.2. The van der Waals surface area contributed by atoms with E-state index in [0.29, 0.717) is 0 Å². The summed E-state index contributed by atoms with van der Waals surface area (Å²) in [6.07, 6.45) is 3.97. The number of aromatic nitrogens is 2. The SMILES string of the molecule is COC(=O)c1ccc(N)cc1S(=O)(=O)Nc1cnccn1. The Balaban J connectivity index is 2.49. The molecule has 1 heterocycles. The molecule has 0 atom stereocenters. The van der Waals surface area contributed by atoms with Crippen molar-refractivity contribution in [2.75, 3.05) is 17.6 Å². The number of hydrogen-bond donors (Lipinski definition) is 2. The van der Waals surface area contributed by atoms with Gasteiger partial charge in [-0.25, -0.2) is 18.2 Å². The summed E-state index contributed by atoms with van der Waals surface area (Å²) in [6, 6.07) is 3.87. The first-order valence-corrected chi connectivity index (χ1v) is 7.19. The quantitative estimate of drug-likeness (QED) is 0.627. The van der Waals surface area contributed by atoms with Gasteiger partial charge in [0.15, 0.2) is 5.82 Å². The Hall–Kier alpha value is -2.68. The molecule has 0 fully saturated rings. The van der Waals surface area contributed by atoms with Crippen LogP contribution in [0.15, 0.2) is 41.7 Å². The van der Waals surface area contributed by atoms with Gasteiger partial charge in [0.1, 0.15) is 4.90 Å². The van der Waals surface area contributed by atoms with Gasteiger partial charge in [0.25, 0.3) is 10.0 Å². The van der Waals surface area contributed by atoms with Gasteiger partial charge in [0.2, 0.25) is 0 Å². The molecule has 2 rings (SSSR count). The topological polar surface area (TPSA) is 124 Å². The van der Waals surface area contributed by atoms with Crippen molar-refractivity contribution in [3.05, 3.63) is 42.4 Å². The summed E-state index contributed by atoms with van der Waals surface area (Å²) in [4.78, 5) is 18.9. The van der Waals surface area contributed by atoms with Crippen molar-refractivity contribution in [1.29, 1.82) is 0 Å². The van der Waals surface area contributed by atoms with Crippen LogP contribution in [0.5, 0.6) is 0 Å². The lowest BCUT2D eigenvalue weighted by Crippen LogP contribution is -2.18. The number of carbonyl (C=O) groups excluding carboxylic acids is 1. The van der Waals surface area contributed by atoms with E-state index in [1.807, 2.05) is 0 Å². The van der Waals surface area contributed by atoms with Gasteiger partial charge in [-0.15, -0.1) is 0 Å². The van der Waals surface area contributed by atoms with E-state index in [1.54, 1.807) is 0 Å². The second kappa shape index (κ2) is 5.75. The Kier molecular flexibility index (Phi) is 4.03. The second-order valence-electron chi connectivity index (χ2n) is 3.94. The van der Waals surface area contributed by atoms with Crippen LogP contribution in [-0.4, -0.2) is 31.5 Å². The highest BCUT2D eigenvalue weighted by Gasteiger charge is 2.24. The fourth-order valence-electron chi connectivity index (χ4n) is 1.58. The summed E-state index contributed by atoms with van der Waals surface area (Å²) >= 11 is 0. The number of carbonyl (C=O) groups is 1. The first-order valence-electron chi connectivity index (χ1n) is 5.70. The number of sulfonamides is 1. The number of rotatable bonds is 4. The molecule has 0 amide bonds. The van der Waals surface area contributed by atoms with Crippen LogP contribution >= 0.6 is 0 Å². The number of hydrogen-bond acceptors (Lipinski definition) is 7. The third kappa shape index (κ3) is 3.26. The standard InChI is InChI=1S/C12H12N4O4S/c1-20-12(17)9-3-2-8(13)6-10(9)21(18,19)16-11-7-14-4-5-15-11/h2-7H,13H2,1H3,(H,15,16). The van der Waals surface area contributed by atoms with Crippen molar-refractivity contribution < 1.29 is 17.9 Å². The zero-order chi connectivity index (χ0) is 15.5. The minimum absolute atomic E-state index is 0.0238. The highest BCUT2D eigenvalue weighted by molar-refractivity contribution is 7.92. The number of nitrogen functional groups attached to an aromatic ring is 1. The molecule has 0 saturated carbocycles. The molecule has 0 unspecified atom stereocenters. The summed E-state index contributed by atoms with van der Waals surface area (Å²) in [6.45, 7) is 0. The summed E-state index contributed by atoms with van der Waals surface area (Å²) in [7, 11) is -2.90. The van der Waals surface area contributed by atoms with Crippen LogP contribution in [0.25, 0.3) is 0 Å². The van der Waals surface area contributed by atoms with Gasteiger partial charge in [0.05, 0.1) is 18.9 Å². The van der Waals surface area contributed by atoms with E-state index >= 15 is 0 Å². The van der Waals surface area contributed by atoms with Gasteiger partial charge >= 0.3 is 5.97 Å². The van der Waals surface area contributed by atoms with Crippen LogP contribution in [0.1, 0.15) is 10.4 Å². The van der Waals surface area contributed by atoms with Crippen molar-refractivity contribution in [2.24, 2.45) is 0 Å². The molecular formula is C12H12N4O4S. The molecule has 0 spiro atoms. The Morgan fingerprint density at radius 3 is 2.71 bits per heavy atom. The van der Waals surface area contributed by atoms with Crippen molar-refractivity contribution in [1.82, 2.24) is 9.97 Å². The molecule has 1 aromatic carbocycles. The maximum absolute atomic E-state index is 12.4. The van der Waals surface area contributed by atoms with Gasteiger partial charge in [-0.2, -0.15) is 0 Å². The highest BCUT2D eigenvalue weighted by atomic mass is 32.2. The number of esters is 1. The summed E-state index contributed by atoms with van der Waals surface area (Å²) in [5, 5.41) is 0. The van der Waals surface area contributed by atoms with Crippen LogP contribution in [0, 0.1) is 0 Å². The van der Waals surface area contributed by atoms with E-state index < -0.39 is 16.0 Å². The fourth-order valence-corrected chi connectivity index (χ4v) is 2.81. The highest BCUT2D eigenvalue weighted by Crippen LogP contribution is 2.22. The smallest absolute Gasteiger partial charge is 0.339 e. The Morgan fingerprint density at radius 2 is 2.10 bits per heavy atom. The number of nitrogens with zero attached hydrogens (tertiary/aromatic N) is 2. The van der Waals surface area contributed by atoms with E-state index in [4.69, 9.17) is 5.73 Å². The molecular weight excluding hydrogens is 296 g/mol. The number of anilines is 2. The van der Waals surface area contributed by atoms with Gasteiger partial charge < -0.3 is 10.5 Å². The minimum Gasteiger partial charge on any atom is -0.465 e. The summed E-state index contributed by atoms with van der Waals surface area (Å²) < 4.78 is 31.5. The molecule has 0 aliphatic heterocycles. The molecule has 0 aliphatic rings. The lowest BCUT2D eigenvalue weighted by Gasteiger charge is -2.11. The van der Waals surface area contributed by atoms with Crippen LogP contribution in [0.2, 0.25) is 0 Å². The van der Waals surface area contributed by atoms with Crippen molar-refractivity contribution >= 4 is 27.5 Å². The molecule has 3 N–H and O–H groups in total. The van der Waals surface area contributed by atoms with Crippen LogP contribution in [-0.2, 0) is 14.8 Å². The van der Waals surface area contributed by atoms with Crippen LogP contribution in [0.4, 0.5) is 11.5 Å². The first kappa shape index (κ1) is 14.7. The number of methoxy groups -OCH3 is 1. The number of benzene rings is 1. The molecule has 0 saturated heterocycles. The van der Waals surface area contributed by atoms with E-state index in [2.05, 4.69) is 19.4 Å². The minimum atomic E-state index is -4.05. The average Bonchev–Trinajstić information content (AvgIpc) is 2.47. The van der Waals surface area contributed by atoms with E-state index in [0.717, 1.165) is 7.11 Å². The lowest BCUT2D eigenvalue weighted by molar-refractivity contribution is 0.0596. The normalized spacial score (nSPS) is 10.9. The molecule has 0 bridgehead atoms. The molecule has 0 aliphatic carbocycles. The predicted molar refractivity (Wildman–Crippen MR) is 75.0 cm³/mol. The fraction of sp³-hybridized carbons (Fsp3) is 0.0833.